The fourth-order valence-electron chi connectivity index (χ4n) is 2.92. The molecule has 0 aromatic heterocycles. The SMILES string of the molecule is C=CC(NN)C1C2CCCCC21. The van der Waals surface area contributed by atoms with E-state index < -0.39 is 0 Å². The number of hydrogen-bond donors (Lipinski definition) is 2. The second kappa shape index (κ2) is 3.19. The predicted molar refractivity (Wildman–Crippen MR) is 50.2 cm³/mol. The van der Waals surface area contributed by atoms with Crippen LogP contribution in [0.25, 0.3) is 0 Å². The largest absolute Gasteiger partial charge is 0.271 e. The molecular weight excluding hydrogens is 148 g/mol. The molecule has 0 spiro atoms. The summed E-state index contributed by atoms with van der Waals surface area (Å²) in [4.78, 5) is 0. The highest BCUT2D eigenvalue weighted by Gasteiger charge is 2.53. The van der Waals surface area contributed by atoms with Crippen molar-refractivity contribution in [2.24, 2.45) is 23.6 Å². The van der Waals surface area contributed by atoms with Gasteiger partial charge in [-0.25, -0.2) is 0 Å². The maximum absolute atomic E-state index is 5.46. The van der Waals surface area contributed by atoms with E-state index in [0.717, 1.165) is 17.8 Å². The minimum absolute atomic E-state index is 0.359. The summed E-state index contributed by atoms with van der Waals surface area (Å²) in [5, 5.41) is 0. The Kier molecular flexibility index (Phi) is 2.20. The molecule has 2 nitrogen and oxygen atoms in total. The molecule has 12 heavy (non-hydrogen) atoms. The maximum atomic E-state index is 5.46. The molecule has 0 aromatic rings. The minimum atomic E-state index is 0.359. The Hall–Kier alpha value is -0.340. The summed E-state index contributed by atoms with van der Waals surface area (Å²) in [5.74, 6) is 8.17. The Morgan fingerprint density at radius 1 is 1.33 bits per heavy atom. The summed E-state index contributed by atoms with van der Waals surface area (Å²) in [7, 11) is 0. The highest BCUT2D eigenvalue weighted by atomic mass is 15.2. The fraction of sp³-hybridized carbons (Fsp3) is 0.800. The van der Waals surface area contributed by atoms with Crippen molar-refractivity contribution in [2.45, 2.75) is 31.7 Å². The van der Waals surface area contributed by atoms with E-state index >= 15 is 0 Å². The number of fused-ring (bicyclic) bond motifs is 1. The normalized spacial score (nSPS) is 41.6. The van der Waals surface area contributed by atoms with Crippen LogP contribution in [0.2, 0.25) is 0 Å². The first-order valence-electron chi connectivity index (χ1n) is 4.97. The number of nitrogens with two attached hydrogens (primary N) is 1. The van der Waals surface area contributed by atoms with E-state index in [9.17, 15) is 0 Å². The lowest BCUT2D eigenvalue weighted by molar-refractivity contribution is 0.480. The third-order valence-corrected chi connectivity index (χ3v) is 3.58. The van der Waals surface area contributed by atoms with Gasteiger partial charge in [-0.05, 0) is 30.6 Å². The molecule has 3 N–H and O–H groups in total. The van der Waals surface area contributed by atoms with Gasteiger partial charge in [0.15, 0.2) is 0 Å². The Morgan fingerprint density at radius 3 is 2.33 bits per heavy atom. The van der Waals surface area contributed by atoms with Crippen molar-refractivity contribution in [2.75, 3.05) is 0 Å². The molecule has 2 aliphatic carbocycles. The zero-order valence-electron chi connectivity index (χ0n) is 7.50. The molecule has 2 saturated carbocycles. The van der Waals surface area contributed by atoms with Gasteiger partial charge in [-0.2, -0.15) is 0 Å². The summed E-state index contributed by atoms with van der Waals surface area (Å²) < 4.78 is 0. The van der Waals surface area contributed by atoms with E-state index in [2.05, 4.69) is 12.0 Å². The molecule has 0 heterocycles. The smallest absolute Gasteiger partial charge is 0.0421 e. The van der Waals surface area contributed by atoms with E-state index in [0.29, 0.717) is 6.04 Å². The molecule has 3 atom stereocenters. The van der Waals surface area contributed by atoms with Crippen molar-refractivity contribution in [3.8, 4) is 0 Å². The second-order valence-corrected chi connectivity index (χ2v) is 4.12. The van der Waals surface area contributed by atoms with Gasteiger partial charge in [-0.1, -0.05) is 18.9 Å². The van der Waals surface area contributed by atoms with Crippen LogP contribution in [0.1, 0.15) is 25.7 Å². The minimum Gasteiger partial charge on any atom is -0.271 e. The molecule has 68 valence electrons. The first-order chi connectivity index (χ1) is 5.88. The van der Waals surface area contributed by atoms with E-state index in [1.807, 2.05) is 6.08 Å². The van der Waals surface area contributed by atoms with Crippen LogP contribution in [-0.2, 0) is 0 Å². The van der Waals surface area contributed by atoms with Crippen molar-refractivity contribution in [3.63, 3.8) is 0 Å². The van der Waals surface area contributed by atoms with Crippen LogP contribution in [0, 0.1) is 17.8 Å². The van der Waals surface area contributed by atoms with Crippen LogP contribution in [0.5, 0.6) is 0 Å². The van der Waals surface area contributed by atoms with Gasteiger partial charge < -0.3 is 0 Å². The van der Waals surface area contributed by atoms with Crippen LogP contribution in [0.4, 0.5) is 0 Å². The van der Waals surface area contributed by atoms with Gasteiger partial charge in [-0.15, -0.1) is 6.58 Å². The third kappa shape index (κ3) is 1.19. The molecule has 2 aliphatic rings. The van der Waals surface area contributed by atoms with Gasteiger partial charge >= 0.3 is 0 Å². The molecule has 2 fully saturated rings. The summed E-state index contributed by atoms with van der Waals surface area (Å²) >= 11 is 0. The van der Waals surface area contributed by atoms with Gasteiger partial charge in [0.25, 0.3) is 0 Å². The molecule has 0 saturated heterocycles. The van der Waals surface area contributed by atoms with Gasteiger partial charge in [0.2, 0.25) is 0 Å². The average Bonchev–Trinajstić information content (AvgIpc) is 2.83. The summed E-state index contributed by atoms with van der Waals surface area (Å²) in [6, 6.07) is 0.359. The Bertz CT molecular complexity index is 167. The first kappa shape index (κ1) is 8.27. The van der Waals surface area contributed by atoms with Gasteiger partial charge in [-0.3, -0.25) is 11.3 Å². The van der Waals surface area contributed by atoms with Crippen molar-refractivity contribution in [3.05, 3.63) is 12.7 Å². The highest BCUT2D eigenvalue weighted by molar-refractivity contribution is 5.08. The van der Waals surface area contributed by atoms with Crippen LogP contribution in [-0.4, -0.2) is 6.04 Å². The first-order valence-corrected chi connectivity index (χ1v) is 4.97. The van der Waals surface area contributed by atoms with Crippen molar-refractivity contribution < 1.29 is 0 Å². The monoisotopic (exact) mass is 166 g/mol. The Balaban J connectivity index is 1.94. The van der Waals surface area contributed by atoms with Gasteiger partial charge in [0.1, 0.15) is 0 Å². The second-order valence-electron chi connectivity index (χ2n) is 4.12. The number of hydrazine groups is 1. The third-order valence-electron chi connectivity index (χ3n) is 3.58. The van der Waals surface area contributed by atoms with Crippen LogP contribution < -0.4 is 11.3 Å². The lowest BCUT2D eigenvalue weighted by Crippen LogP contribution is -2.35. The number of rotatable bonds is 3. The molecule has 2 rings (SSSR count). The zero-order valence-corrected chi connectivity index (χ0v) is 7.50. The molecule has 3 unspecified atom stereocenters. The van der Waals surface area contributed by atoms with Gasteiger partial charge in [0.05, 0.1) is 0 Å². The molecule has 0 radical (unpaired) electrons. The Labute approximate surface area is 74.2 Å². The molecule has 0 amide bonds. The van der Waals surface area contributed by atoms with Gasteiger partial charge in [0, 0.05) is 6.04 Å². The molecule has 0 aromatic carbocycles. The van der Waals surface area contributed by atoms with Crippen LogP contribution in [0.3, 0.4) is 0 Å². The van der Waals surface area contributed by atoms with E-state index in [-0.39, 0.29) is 0 Å². The standard InChI is InChI=1S/C10H18N2/c1-2-9(12-11)10-7-5-3-4-6-8(7)10/h2,7-10,12H,1,3-6,11H2. The van der Waals surface area contributed by atoms with Crippen LogP contribution in [0.15, 0.2) is 12.7 Å². The zero-order chi connectivity index (χ0) is 8.55. The van der Waals surface area contributed by atoms with Crippen molar-refractivity contribution in [1.29, 1.82) is 0 Å². The average molecular weight is 166 g/mol. The van der Waals surface area contributed by atoms with Crippen molar-refractivity contribution in [1.82, 2.24) is 5.43 Å². The summed E-state index contributed by atoms with van der Waals surface area (Å²) in [6.07, 6.45) is 7.64. The molecular formula is C10H18N2. The maximum Gasteiger partial charge on any atom is 0.0421 e. The predicted octanol–water partition coefficient (Wildman–Crippen LogP) is 1.44. The Morgan fingerprint density at radius 2 is 1.92 bits per heavy atom. The molecule has 2 heteroatoms. The lowest BCUT2D eigenvalue weighted by atomic mass is 10.0. The quantitative estimate of drug-likeness (QED) is 0.378. The van der Waals surface area contributed by atoms with E-state index in [4.69, 9.17) is 5.84 Å². The molecule has 0 aliphatic heterocycles. The molecule has 0 bridgehead atoms. The van der Waals surface area contributed by atoms with E-state index in [1.165, 1.54) is 25.7 Å². The summed E-state index contributed by atoms with van der Waals surface area (Å²) in [6.45, 7) is 3.81. The lowest BCUT2D eigenvalue weighted by Gasteiger charge is -2.09. The van der Waals surface area contributed by atoms with Crippen molar-refractivity contribution >= 4 is 0 Å². The van der Waals surface area contributed by atoms with Crippen LogP contribution >= 0.6 is 0 Å². The van der Waals surface area contributed by atoms with E-state index in [1.54, 1.807) is 0 Å². The topological polar surface area (TPSA) is 38.0 Å². The number of nitrogens with one attached hydrogen (secondary N) is 1. The highest BCUT2D eigenvalue weighted by Crippen LogP contribution is 2.56. The fourth-order valence-corrected chi connectivity index (χ4v) is 2.92. The number of hydrogen-bond acceptors (Lipinski definition) is 2. The summed E-state index contributed by atoms with van der Waals surface area (Å²) in [5.41, 5.74) is 2.85.